The fourth-order valence-corrected chi connectivity index (χ4v) is 2.67. The molecule has 0 saturated carbocycles. The Morgan fingerprint density at radius 3 is 2.20 bits per heavy atom. The topological polar surface area (TPSA) is 26.0 Å². The monoisotopic (exact) mass is 327 g/mol. The molecule has 100 valence electrons. The van der Waals surface area contributed by atoms with Crippen LogP contribution in [0.2, 0.25) is 0 Å². The van der Waals surface area contributed by atoms with E-state index in [1.165, 1.54) is 5.56 Å². The van der Waals surface area contributed by atoms with Gasteiger partial charge in [-0.2, -0.15) is 0 Å². The maximum Gasteiger partial charge on any atom is 0.149 e. The molecule has 2 nitrogen and oxygen atoms in total. The van der Waals surface area contributed by atoms with Gasteiger partial charge in [-0.3, -0.25) is 0 Å². The normalized spacial score (nSPS) is 10.7. The van der Waals surface area contributed by atoms with Crippen molar-refractivity contribution in [2.24, 2.45) is 0 Å². The van der Waals surface area contributed by atoms with Crippen LogP contribution < -0.4 is 0 Å². The van der Waals surface area contributed by atoms with Crippen LogP contribution in [0.25, 0.3) is 11.1 Å². The molecule has 0 radical (unpaired) electrons. The minimum Gasteiger partial charge on any atom is -0.360 e. The molecule has 3 heteroatoms. The molecule has 0 unspecified atom stereocenters. The predicted molar refractivity (Wildman–Crippen MR) is 83.8 cm³/mol. The number of nitrogens with zero attached hydrogens (tertiary/aromatic N) is 1. The van der Waals surface area contributed by atoms with Crippen LogP contribution in [0.1, 0.15) is 17.0 Å². The molecule has 0 saturated heterocycles. The molecule has 0 amide bonds. The molecule has 3 rings (SSSR count). The van der Waals surface area contributed by atoms with Gasteiger partial charge in [-0.25, -0.2) is 0 Å². The molecule has 1 heterocycles. The van der Waals surface area contributed by atoms with Crippen LogP contribution >= 0.6 is 15.9 Å². The smallest absolute Gasteiger partial charge is 0.149 e. The van der Waals surface area contributed by atoms with Gasteiger partial charge in [0.1, 0.15) is 11.5 Å². The van der Waals surface area contributed by atoms with E-state index in [2.05, 4.69) is 45.4 Å². The van der Waals surface area contributed by atoms with Crippen molar-refractivity contribution in [3.8, 4) is 11.1 Å². The molecule has 0 aliphatic rings. The SMILES string of the molecule is BrCc1noc(Cc2ccccc2)c1-c1ccccc1. The van der Waals surface area contributed by atoms with Crippen molar-refractivity contribution in [3.63, 3.8) is 0 Å². The van der Waals surface area contributed by atoms with Crippen LogP contribution in [-0.4, -0.2) is 5.16 Å². The van der Waals surface area contributed by atoms with E-state index in [1.54, 1.807) is 0 Å². The lowest BCUT2D eigenvalue weighted by Gasteiger charge is -2.03. The first-order valence-electron chi connectivity index (χ1n) is 6.51. The third kappa shape index (κ3) is 2.68. The maximum atomic E-state index is 5.57. The minimum absolute atomic E-state index is 0.690. The third-order valence-electron chi connectivity index (χ3n) is 3.23. The average Bonchev–Trinajstić information content (AvgIpc) is 2.92. The van der Waals surface area contributed by atoms with E-state index in [0.717, 1.165) is 29.0 Å². The molecule has 0 fully saturated rings. The van der Waals surface area contributed by atoms with Crippen LogP contribution in [0.4, 0.5) is 0 Å². The zero-order valence-corrected chi connectivity index (χ0v) is 12.5. The molecular weight excluding hydrogens is 314 g/mol. The van der Waals surface area contributed by atoms with Crippen molar-refractivity contribution in [3.05, 3.63) is 77.7 Å². The van der Waals surface area contributed by atoms with Crippen molar-refractivity contribution in [1.82, 2.24) is 5.16 Å². The van der Waals surface area contributed by atoms with Crippen molar-refractivity contribution in [1.29, 1.82) is 0 Å². The Hall–Kier alpha value is -1.87. The molecular formula is C17H14BrNO. The van der Waals surface area contributed by atoms with Crippen molar-refractivity contribution < 1.29 is 4.52 Å². The van der Waals surface area contributed by atoms with Gasteiger partial charge in [-0.15, -0.1) is 0 Å². The van der Waals surface area contributed by atoms with E-state index in [9.17, 15) is 0 Å². The first-order valence-corrected chi connectivity index (χ1v) is 7.63. The Labute approximate surface area is 126 Å². The van der Waals surface area contributed by atoms with Gasteiger partial charge in [0.05, 0.1) is 0 Å². The van der Waals surface area contributed by atoms with Crippen LogP contribution in [-0.2, 0) is 11.8 Å². The van der Waals surface area contributed by atoms with Gasteiger partial charge in [-0.05, 0) is 11.1 Å². The highest BCUT2D eigenvalue weighted by Crippen LogP contribution is 2.30. The number of aromatic nitrogens is 1. The maximum absolute atomic E-state index is 5.57. The number of hydrogen-bond donors (Lipinski definition) is 0. The highest BCUT2D eigenvalue weighted by molar-refractivity contribution is 9.08. The number of rotatable bonds is 4. The summed E-state index contributed by atoms with van der Waals surface area (Å²) in [6.07, 6.45) is 0.755. The van der Waals surface area contributed by atoms with Crippen molar-refractivity contribution in [2.75, 3.05) is 0 Å². The predicted octanol–water partition coefficient (Wildman–Crippen LogP) is 4.83. The van der Waals surface area contributed by atoms with E-state index in [-0.39, 0.29) is 0 Å². The zero-order chi connectivity index (χ0) is 13.8. The van der Waals surface area contributed by atoms with E-state index in [1.807, 2.05) is 36.4 Å². The first-order chi connectivity index (χ1) is 9.88. The third-order valence-corrected chi connectivity index (χ3v) is 3.76. The summed E-state index contributed by atoms with van der Waals surface area (Å²) >= 11 is 3.48. The largest absolute Gasteiger partial charge is 0.360 e. The zero-order valence-electron chi connectivity index (χ0n) is 10.9. The molecule has 0 aliphatic heterocycles. The van der Waals surface area contributed by atoms with Crippen LogP contribution in [0.5, 0.6) is 0 Å². The second-order valence-electron chi connectivity index (χ2n) is 4.59. The van der Waals surface area contributed by atoms with Crippen LogP contribution in [0.3, 0.4) is 0 Å². The lowest BCUT2D eigenvalue weighted by atomic mass is 10.00. The summed E-state index contributed by atoms with van der Waals surface area (Å²) in [4.78, 5) is 0. The molecule has 0 N–H and O–H groups in total. The van der Waals surface area contributed by atoms with Crippen LogP contribution in [0.15, 0.2) is 65.2 Å². The number of alkyl halides is 1. The summed E-state index contributed by atoms with van der Waals surface area (Å²) in [6, 6.07) is 20.6. The summed E-state index contributed by atoms with van der Waals surface area (Å²) in [6.45, 7) is 0. The van der Waals surface area contributed by atoms with Crippen molar-refractivity contribution in [2.45, 2.75) is 11.8 Å². The summed E-state index contributed by atoms with van der Waals surface area (Å²) < 4.78 is 5.57. The summed E-state index contributed by atoms with van der Waals surface area (Å²) in [7, 11) is 0. The summed E-state index contributed by atoms with van der Waals surface area (Å²) in [5.74, 6) is 0.914. The van der Waals surface area contributed by atoms with E-state index >= 15 is 0 Å². The number of halogens is 1. The second kappa shape index (κ2) is 6.06. The fourth-order valence-electron chi connectivity index (χ4n) is 2.29. The highest BCUT2D eigenvalue weighted by atomic mass is 79.9. The molecule has 0 aliphatic carbocycles. The van der Waals surface area contributed by atoms with E-state index in [0.29, 0.717) is 5.33 Å². The number of hydrogen-bond acceptors (Lipinski definition) is 2. The lowest BCUT2D eigenvalue weighted by Crippen LogP contribution is -1.90. The Kier molecular flexibility index (Phi) is 3.97. The summed E-state index contributed by atoms with van der Waals surface area (Å²) in [5.41, 5.74) is 4.42. The Bertz CT molecular complexity index is 677. The molecule has 3 aromatic rings. The molecule has 0 atom stereocenters. The quantitative estimate of drug-likeness (QED) is 0.641. The van der Waals surface area contributed by atoms with Gasteiger partial charge in [0.15, 0.2) is 0 Å². The van der Waals surface area contributed by atoms with Gasteiger partial charge in [0, 0.05) is 17.3 Å². The molecule has 0 bridgehead atoms. The second-order valence-corrected chi connectivity index (χ2v) is 5.15. The molecule has 0 spiro atoms. The highest BCUT2D eigenvalue weighted by Gasteiger charge is 2.17. The number of benzene rings is 2. The summed E-state index contributed by atoms with van der Waals surface area (Å²) in [5, 5.41) is 4.88. The first kappa shape index (κ1) is 13.1. The Morgan fingerprint density at radius 2 is 1.55 bits per heavy atom. The minimum atomic E-state index is 0.690. The van der Waals surface area contributed by atoms with Crippen molar-refractivity contribution >= 4 is 15.9 Å². The average molecular weight is 328 g/mol. The standard InChI is InChI=1S/C17H14BrNO/c18-12-15-17(14-9-5-2-6-10-14)16(20-19-15)11-13-7-3-1-4-8-13/h1-10H,11-12H2. The fraction of sp³-hybridized carbons (Fsp3) is 0.118. The Morgan fingerprint density at radius 1 is 0.900 bits per heavy atom. The molecule has 2 aromatic carbocycles. The van der Waals surface area contributed by atoms with E-state index in [4.69, 9.17) is 4.52 Å². The molecule has 20 heavy (non-hydrogen) atoms. The van der Waals surface area contributed by atoms with Gasteiger partial charge in [-0.1, -0.05) is 81.8 Å². The van der Waals surface area contributed by atoms with Gasteiger partial charge < -0.3 is 4.52 Å². The Balaban J connectivity index is 2.02. The molecule has 1 aromatic heterocycles. The van der Waals surface area contributed by atoms with E-state index < -0.39 is 0 Å². The van der Waals surface area contributed by atoms with Gasteiger partial charge >= 0.3 is 0 Å². The van der Waals surface area contributed by atoms with Gasteiger partial charge in [0.25, 0.3) is 0 Å². The van der Waals surface area contributed by atoms with Crippen LogP contribution in [0, 0.1) is 0 Å². The lowest BCUT2D eigenvalue weighted by molar-refractivity contribution is 0.385. The van der Waals surface area contributed by atoms with Gasteiger partial charge in [0.2, 0.25) is 0 Å².